The molecule has 1 saturated heterocycles. The SMILES string of the molecule is CC1COC(C(C)c2ccccc2)O1. The van der Waals surface area contributed by atoms with Gasteiger partial charge >= 0.3 is 0 Å². The summed E-state index contributed by atoms with van der Waals surface area (Å²) in [6, 6.07) is 10.3. The first kappa shape index (κ1) is 9.69. The normalized spacial score (nSPS) is 29.0. The van der Waals surface area contributed by atoms with Crippen molar-refractivity contribution in [1.29, 1.82) is 0 Å². The maximum absolute atomic E-state index is 5.66. The minimum Gasteiger partial charge on any atom is -0.349 e. The lowest BCUT2D eigenvalue weighted by molar-refractivity contribution is -0.0691. The van der Waals surface area contributed by atoms with Crippen molar-refractivity contribution >= 4 is 0 Å². The predicted molar refractivity (Wildman–Crippen MR) is 55.1 cm³/mol. The summed E-state index contributed by atoms with van der Waals surface area (Å²) in [7, 11) is 0. The fraction of sp³-hybridized carbons (Fsp3) is 0.500. The third-order valence-electron chi connectivity index (χ3n) is 2.60. The minimum atomic E-state index is -0.0765. The van der Waals surface area contributed by atoms with Crippen LogP contribution in [0.15, 0.2) is 30.3 Å². The molecule has 3 unspecified atom stereocenters. The van der Waals surface area contributed by atoms with E-state index in [1.165, 1.54) is 5.56 Å². The first-order valence-electron chi connectivity index (χ1n) is 5.09. The molecule has 0 spiro atoms. The van der Waals surface area contributed by atoms with Crippen molar-refractivity contribution in [3.8, 4) is 0 Å². The molecule has 76 valence electrons. The van der Waals surface area contributed by atoms with Crippen LogP contribution >= 0.6 is 0 Å². The molecule has 1 fully saturated rings. The van der Waals surface area contributed by atoms with E-state index in [4.69, 9.17) is 9.47 Å². The monoisotopic (exact) mass is 192 g/mol. The Morgan fingerprint density at radius 1 is 1.29 bits per heavy atom. The molecule has 1 aromatic carbocycles. The number of hydrogen-bond donors (Lipinski definition) is 0. The molecule has 0 aromatic heterocycles. The van der Waals surface area contributed by atoms with Crippen molar-refractivity contribution < 1.29 is 9.47 Å². The largest absolute Gasteiger partial charge is 0.349 e. The summed E-state index contributed by atoms with van der Waals surface area (Å²) in [5.41, 5.74) is 1.27. The molecule has 0 radical (unpaired) electrons. The molecular formula is C12H16O2. The van der Waals surface area contributed by atoms with Crippen molar-refractivity contribution in [3.63, 3.8) is 0 Å². The zero-order valence-corrected chi connectivity index (χ0v) is 8.64. The van der Waals surface area contributed by atoms with Gasteiger partial charge < -0.3 is 9.47 Å². The van der Waals surface area contributed by atoms with Gasteiger partial charge in [0.2, 0.25) is 0 Å². The molecule has 0 aliphatic carbocycles. The van der Waals surface area contributed by atoms with Crippen LogP contribution in [0.2, 0.25) is 0 Å². The van der Waals surface area contributed by atoms with E-state index in [0.717, 1.165) is 0 Å². The number of ether oxygens (including phenoxy) is 2. The molecule has 1 heterocycles. The average Bonchev–Trinajstić information content (AvgIpc) is 2.65. The quantitative estimate of drug-likeness (QED) is 0.717. The Bertz CT molecular complexity index is 284. The van der Waals surface area contributed by atoms with Crippen LogP contribution in [0, 0.1) is 0 Å². The smallest absolute Gasteiger partial charge is 0.164 e. The van der Waals surface area contributed by atoms with Gasteiger partial charge in [-0.3, -0.25) is 0 Å². The van der Waals surface area contributed by atoms with Gasteiger partial charge in [-0.05, 0) is 12.5 Å². The van der Waals surface area contributed by atoms with Gasteiger partial charge in [-0.1, -0.05) is 37.3 Å². The van der Waals surface area contributed by atoms with Crippen LogP contribution in [0.5, 0.6) is 0 Å². The highest BCUT2D eigenvalue weighted by atomic mass is 16.7. The third-order valence-corrected chi connectivity index (χ3v) is 2.60. The second kappa shape index (κ2) is 4.11. The van der Waals surface area contributed by atoms with Crippen LogP contribution in [-0.2, 0) is 9.47 Å². The van der Waals surface area contributed by atoms with E-state index in [1.807, 2.05) is 25.1 Å². The first-order chi connectivity index (χ1) is 6.77. The van der Waals surface area contributed by atoms with Gasteiger partial charge in [0.25, 0.3) is 0 Å². The van der Waals surface area contributed by atoms with E-state index in [1.54, 1.807) is 0 Å². The second-order valence-electron chi connectivity index (χ2n) is 3.85. The fourth-order valence-electron chi connectivity index (χ4n) is 1.71. The molecule has 0 amide bonds. The van der Waals surface area contributed by atoms with Gasteiger partial charge in [-0.2, -0.15) is 0 Å². The van der Waals surface area contributed by atoms with Crippen molar-refractivity contribution in [3.05, 3.63) is 35.9 Å². The second-order valence-corrected chi connectivity index (χ2v) is 3.85. The Morgan fingerprint density at radius 3 is 2.57 bits per heavy atom. The maximum atomic E-state index is 5.66. The van der Waals surface area contributed by atoms with E-state index < -0.39 is 0 Å². The highest BCUT2D eigenvalue weighted by Crippen LogP contribution is 2.26. The Kier molecular flexibility index (Phi) is 2.85. The predicted octanol–water partition coefficient (Wildman–Crippen LogP) is 2.55. The van der Waals surface area contributed by atoms with E-state index in [0.29, 0.717) is 12.5 Å². The standard InChI is InChI=1S/C12H16O2/c1-9-8-13-12(14-9)10(2)11-6-4-3-5-7-11/h3-7,9-10,12H,8H2,1-2H3. The molecule has 0 N–H and O–H groups in total. The third kappa shape index (κ3) is 1.97. The van der Waals surface area contributed by atoms with Crippen LogP contribution in [0.1, 0.15) is 25.3 Å². The molecule has 2 heteroatoms. The van der Waals surface area contributed by atoms with Gasteiger partial charge in [0, 0.05) is 5.92 Å². The van der Waals surface area contributed by atoms with Gasteiger partial charge in [-0.25, -0.2) is 0 Å². The van der Waals surface area contributed by atoms with Crippen molar-refractivity contribution in [2.45, 2.75) is 32.2 Å². The summed E-state index contributed by atoms with van der Waals surface area (Å²) in [6.45, 7) is 4.89. The van der Waals surface area contributed by atoms with Crippen molar-refractivity contribution in [2.75, 3.05) is 6.61 Å². The van der Waals surface area contributed by atoms with Crippen LogP contribution in [0.3, 0.4) is 0 Å². The number of rotatable bonds is 2. The summed E-state index contributed by atoms with van der Waals surface area (Å²) in [5.74, 6) is 0.307. The minimum absolute atomic E-state index is 0.0765. The molecule has 2 rings (SSSR count). The van der Waals surface area contributed by atoms with E-state index >= 15 is 0 Å². The van der Waals surface area contributed by atoms with Gasteiger partial charge in [0.05, 0.1) is 12.7 Å². The lowest BCUT2D eigenvalue weighted by atomic mass is 10.0. The fourth-order valence-corrected chi connectivity index (χ4v) is 1.71. The molecule has 0 bridgehead atoms. The number of benzene rings is 1. The van der Waals surface area contributed by atoms with E-state index in [9.17, 15) is 0 Å². The van der Waals surface area contributed by atoms with E-state index in [-0.39, 0.29) is 12.4 Å². The molecule has 2 nitrogen and oxygen atoms in total. The molecule has 0 saturated carbocycles. The molecular weight excluding hydrogens is 176 g/mol. The Labute approximate surface area is 84.8 Å². The Balaban J connectivity index is 2.05. The summed E-state index contributed by atoms with van der Waals surface area (Å²) in [4.78, 5) is 0. The summed E-state index contributed by atoms with van der Waals surface area (Å²) >= 11 is 0. The summed E-state index contributed by atoms with van der Waals surface area (Å²) in [6.07, 6.45) is 0.151. The van der Waals surface area contributed by atoms with Crippen LogP contribution in [0.4, 0.5) is 0 Å². The number of hydrogen-bond acceptors (Lipinski definition) is 2. The van der Waals surface area contributed by atoms with Crippen molar-refractivity contribution in [2.24, 2.45) is 0 Å². The molecule has 1 aliphatic rings. The van der Waals surface area contributed by atoms with Gasteiger partial charge in [-0.15, -0.1) is 0 Å². The first-order valence-corrected chi connectivity index (χ1v) is 5.09. The molecule has 3 atom stereocenters. The summed E-state index contributed by atoms with van der Waals surface area (Å²) < 4.78 is 11.2. The van der Waals surface area contributed by atoms with Crippen LogP contribution < -0.4 is 0 Å². The van der Waals surface area contributed by atoms with Crippen LogP contribution in [-0.4, -0.2) is 19.0 Å². The highest BCUT2D eigenvalue weighted by molar-refractivity contribution is 5.19. The Hall–Kier alpha value is -0.860. The lowest BCUT2D eigenvalue weighted by Gasteiger charge is -2.18. The van der Waals surface area contributed by atoms with Crippen molar-refractivity contribution in [1.82, 2.24) is 0 Å². The molecule has 1 aromatic rings. The topological polar surface area (TPSA) is 18.5 Å². The molecule has 1 aliphatic heterocycles. The lowest BCUT2D eigenvalue weighted by Crippen LogP contribution is -2.17. The van der Waals surface area contributed by atoms with Gasteiger partial charge in [0.1, 0.15) is 0 Å². The zero-order valence-electron chi connectivity index (χ0n) is 8.64. The van der Waals surface area contributed by atoms with Crippen LogP contribution in [0.25, 0.3) is 0 Å². The summed E-state index contributed by atoms with van der Waals surface area (Å²) in [5, 5.41) is 0. The average molecular weight is 192 g/mol. The van der Waals surface area contributed by atoms with E-state index in [2.05, 4.69) is 19.1 Å². The van der Waals surface area contributed by atoms with Gasteiger partial charge in [0.15, 0.2) is 6.29 Å². The molecule has 14 heavy (non-hydrogen) atoms. The zero-order chi connectivity index (χ0) is 9.97. The maximum Gasteiger partial charge on any atom is 0.164 e. The highest BCUT2D eigenvalue weighted by Gasteiger charge is 2.28. The Morgan fingerprint density at radius 2 is 2.00 bits per heavy atom.